The first-order valence-electron chi connectivity index (χ1n) is 5.10. The van der Waals surface area contributed by atoms with E-state index < -0.39 is 12.0 Å². The lowest BCUT2D eigenvalue weighted by Crippen LogP contribution is -2.33. The Balaban J connectivity index is 2.57. The van der Waals surface area contributed by atoms with E-state index >= 15 is 0 Å². The number of hydrogen-bond acceptors (Lipinski definition) is 5. The lowest BCUT2D eigenvalue weighted by atomic mass is 9.97. The molecule has 0 aliphatic heterocycles. The third kappa shape index (κ3) is 3.30. The molecule has 0 fully saturated rings. The second-order valence-corrected chi connectivity index (χ2v) is 4.69. The molecule has 1 aromatic rings. The van der Waals surface area contributed by atoms with E-state index in [4.69, 9.17) is 9.52 Å². The third-order valence-corrected chi connectivity index (χ3v) is 2.04. The minimum atomic E-state index is -0.907. The van der Waals surface area contributed by atoms with Crippen LogP contribution in [0.15, 0.2) is 4.42 Å². The molecule has 1 rings (SSSR count). The van der Waals surface area contributed by atoms with Crippen LogP contribution < -0.4 is 5.32 Å². The summed E-state index contributed by atoms with van der Waals surface area (Å²) in [4.78, 5) is 10.6. The molecule has 0 saturated heterocycles. The van der Waals surface area contributed by atoms with Gasteiger partial charge >= 0.3 is 5.97 Å². The maximum absolute atomic E-state index is 10.6. The molecule has 0 bridgehead atoms. The first-order valence-corrected chi connectivity index (χ1v) is 5.10. The lowest BCUT2D eigenvalue weighted by molar-refractivity contribution is -0.139. The molecule has 1 aromatic heterocycles. The van der Waals surface area contributed by atoms with Crippen molar-refractivity contribution >= 4 is 5.97 Å². The number of nitrogens with zero attached hydrogens (tertiary/aromatic N) is 2. The molecule has 0 aliphatic rings. The van der Waals surface area contributed by atoms with Gasteiger partial charge in [0.25, 0.3) is 0 Å². The highest BCUT2D eigenvalue weighted by Crippen LogP contribution is 2.20. The minimum absolute atomic E-state index is 0.191. The first kappa shape index (κ1) is 12.6. The molecule has 0 unspecified atom stereocenters. The molecule has 16 heavy (non-hydrogen) atoms. The van der Waals surface area contributed by atoms with Crippen LogP contribution in [0.25, 0.3) is 0 Å². The largest absolute Gasteiger partial charge is 0.480 e. The number of nitrogens with one attached hydrogen (secondary N) is 1. The molecule has 1 atom stereocenters. The van der Waals surface area contributed by atoms with Crippen molar-refractivity contribution in [2.45, 2.75) is 45.7 Å². The molecule has 6 heteroatoms. The van der Waals surface area contributed by atoms with Crippen molar-refractivity contribution in [3.63, 3.8) is 0 Å². The summed E-state index contributed by atoms with van der Waals surface area (Å²) < 4.78 is 5.40. The standard InChI is InChI=1S/C10H17N3O3/c1-6(8(14)15)11-5-7-12-13-9(16-7)10(2,3)4/h6,11H,5H2,1-4H3,(H,14,15)/t6-/m0/s1. The number of hydrogen-bond donors (Lipinski definition) is 2. The fraction of sp³-hybridized carbons (Fsp3) is 0.700. The topological polar surface area (TPSA) is 88.3 Å². The van der Waals surface area contributed by atoms with Crippen LogP contribution in [0.1, 0.15) is 39.5 Å². The van der Waals surface area contributed by atoms with Gasteiger partial charge in [0, 0.05) is 5.41 Å². The number of carbonyl (C=O) groups is 1. The van der Waals surface area contributed by atoms with Gasteiger partial charge in [-0.05, 0) is 6.92 Å². The maximum Gasteiger partial charge on any atom is 0.320 e. The Labute approximate surface area is 94.1 Å². The Morgan fingerprint density at radius 2 is 2.12 bits per heavy atom. The minimum Gasteiger partial charge on any atom is -0.480 e. The summed E-state index contributed by atoms with van der Waals surface area (Å²) in [6, 6.07) is -0.634. The zero-order valence-electron chi connectivity index (χ0n) is 9.94. The smallest absolute Gasteiger partial charge is 0.320 e. The van der Waals surface area contributed by atoms with Crippen molar-refractivity contribution in [1.29, 1.82) is 0 Å². The monoisotopic (exact) mass is 227 g/mol. The van der Waals surface area contributed by atoms with Crippen molar-refractivity contribution < 1.29 is 14.3 Å². The number of carboxylic acids is 1. The molecule has 6 nitrogen and oxygen atoms in total. The Morgan fingerprint density at radius 1 is 1.50 bits per heavy atom. The predicted molar refractivity (Wildman–Crippen MR) is 56.9 cm³/mol. The Morgan fingerprint density at radius 3 is 2.56 bits per heavy atom. The molecular weight excluding hydrogens is 210 g/mol. The molecule has 0 spiro atoms. The third-order valence-electron chi connectivity index (χ3n) is 2.04. The fourth-order valence-corrected chi connectivity index (χ4v) is 0.956. The average Bonchev–Trinajstić information content (AvgIpc) is 2.61. The number of aliphatic carboxylic acids is 1. The summed E-state index contributed by atoms with van der Waals surface area (Å²) in [5, 5.41) is 19.2. The van der Waals surface area contributed by atoms with Gasteiger partial charge in [-0.3, -0.25) is 10.1 Å². The number of aromatic nitrogens is 2. The Kier molecular flexibility index (Phi) is 3.64. The highest BCUT2D eigenvalue weighted by molar-refractivity contribution is 5.72. The van der Waals surface area contributed by atoms with Crippen LogP contribution in [-0.2, 0) is 16.8 Å². The van der Waals surface area contributed by atoms with E-state index in [1.54, 1.807) is 6.92 Å². The van der Waals surface area contributed by atoms with Gasteiger partial charge in [-0.1, -0.05) is 20.8 Å². The molecule has 0 aliphatic carbocycles. The Bertz CT molecular complexity index is 368. The first-order chi connectivity index (χ1) is 7.30. The summed E-state index contributed by atoms with van der Waals surface area (Å²) in [7, 11) is 0. The number of carboxylic acid groups (broad SMARTS) is 1. The van der Waals surface area contributed by atoms with Gasteiger partial charge in [-0.2, -0.15) is 0 Å². The van der Waals surface area contributed by atoms with Gasteiger partial charge < -0.3 is 9.52 Å². The molecule has 90 valence electrons. The van der Waals surface area contributed by atoms with Gasteiger partial charge in [-0.15, -0.1) is 10.2 Å². The van der Waals surface area contributed by atoms with E-state index in [1.807, 2.05) is 20.8 Å². The van der Waals surface area contributed by atoms with Crippen LogP contribution in [0.5, 0.6) is 0 Å². The van der Waals surface area contributed by atoms with E-state index in [0.29, 0.717) is 11.8 Å². The van der Waals surface area contributed by atoms with Crippen molar-refractivity contribution in [2.24, 2.45) is 0 Å². The molecule has 2 N–H and O–H groups in total. The van der Waals surface area contributed by atoms with Crippen LogP contribution in [0.3, 0.4) is 0 Å². The van der Waals surface area contributed by atoms with Gasteiger partial charge in [0.15, 0.2) is 0 Å². The maximum atomic E-state index is 10.6. The lowest BCUT2D eigenvalue weighted by Gasteiger charge is -2.11. The van der Waals surface area contributed by atoms with Crippen molar-refractivity contribution in [1.82, 2.24) is 15.5 Å². The van der Waals surface area contributed by atoms with Gasteiger partial charge in [0.1, 0.15) is 6.04 Å². The normalized spacial score (nSPS) is 13.8. The van der Waals surface area contributed by atoms with Gasteiger partial charge in [0.05, 0.1) is 6.54 Å². The van der Waals surface area contributed by atoms with Crippen molar-refractivity contribution in [3.05, 3.63) is 11.8 Å². The SMILES string of the molecule is C[C@H](NCc1nnc(C(C)(C)C)o1)C(=O)O. The number of rotatable bonds is 4. The highest BCUT2D eigenvalue weighted by atomic mass is 16.4. The molecule has 0 saturated carbocycles. The van der Waals surface area contributed by atoms with Crippen LogP contribution in [-0.4, -0.2) is 27.3 Å². The van der Waals surface area contributed by atoms with Crippen molar-refractivity contribution in [3.8, 4) is 0 Å². The average molecular weight is 227 g/mol. The quantitative estimate of drug-likeness (QED) is 0.795. The van der Waals surface area contributed by atoms with Crippen LogP contribution in [0.4, 0.5) is 0 Å². The summed E-state index contributed by atoms with van der Waals surface area (Å²) in [6.07, 6.45) is 0. The highest BCUT2D eigenvalue weighted by Gasteiger charge is 2.21. The van der Waals surface area contributed by atoms with Gasteiger partial charge in [-0.25, -0.2) is 0 Å². The van der Waals surface area contributed by atoms with E-state index in [1.165, 1.54) is 0 Å². The molecule has 0 aromatic carbocycles. The van der Waals surface area contributed by atoms with Crippen LogP contribution in [0.2, 0.25) is 0 Å². The van der Waals surface area contributed by atoms with Crippen LogP contribution >= 0.6 is 0 Å². The van der Waals surface area contributed by atoms with E-state index in [2.05, 4.69) is 15.5 Å². The zero-order chi connectivity index (χ0) is 12.3. The fourth-order valence-electron chi connectivity index (χ4n) is 0.956. The van der Waals surface area contributed by atoms with Crippen LogP contribution in [0, 0.1) is 0 Å². The summed E-state index contributed by atoms with van der Waals surface area (Å²) in [5.74, 6) is 0.0425. The molecule has 0 radical (unpaired) electrons. The Hall–Kier alpha value is -1.43. The van der Waals surface area contributed by atoms with Crippen molar-refractivity contribution in [2.75, 3.05) is 0 Å². The van der Waals surface area contributed by atoms with E-state index in [-0.39, 0.29) is 12.0 Å². The summed E-state index contributed by atoms with van der Waals surface area (Å²) >= 11 is 0. The molecular formula is C10H17N3O3. The predicted octanol–water partition coefficient (Wildman–Crippen LogP) is 0.930. The van der Waals surface area contributed by atoms with E-state index in [9.17, 15) is 4.79 Å². The molecule has 1 heterocycles. The summed E-state index contributed by atoms with van der Waals surface area (Å²) in [6.45, 7) is 7.73. The van der Waals surface area contributed by atoms with E-state index in [0.717, 1.165) is 0 Å². The molecule has 0 amide bonds. The second-order valence-electron chi connectivity index (χ2n) is 4.69. The second kappa shape index (κ2) is 4.61. The summed E-state index contributed by atoms with van der Waals surface area (Å²) in [5.41, 5.74) is -0.191. The zero-order valence-corrected chi connectivity index (χ0v) is 9.94. The van der Waals surface area contributed by atoms with Gasteiger partial charge in [0.2, 0.25) is 11.8 Å².